The van der Waals surface area contributed by atoms with Crippen molar-refractivity contribution in [2.24, 2.45) is 5.73 Å². The van der Waals surface area contributed by atoms with Crippen LogP contribution >= 0.6 is 0 Å². The number of likely N-dealkylation sites (tertiary alicyclic amines) is 1. The normalized spacial score (nSPS) is 16.0. The number of nitrogens with zero attached hydrogens (tertiary/aromatic N) is 5. The number of imidazole rings is 1. The van der Waals surface area contributed by atoms with E-state index in [1.807, 2.05) is 0 Å². The van der Waals surface area contributed by atoms with E-state index in [1.165, 1.54) is 36.4 Å². The molecule has 1 fully saturated rings. The lowest BCUT2D eigenvalue weighted by Crippen LogP contribution is -2.46. The molecular formula is C22H20F2N6O2. The highest BCUT2D eigenvalue weighted by Gasteiger charge is 2.30. The molecule has 0 spiro atoms. The van der Waals surface area contributed by atoms with E-state index in [1.54, 1.807) is 6.07 Å². The first-order chi connectivity index (χ1) is 15.4. The summed E-state index contributed by atoms with van der Waals surface area (Å²) in [4.78, 5) is 26.0. The Hall–Kier alpha value is -3.84. The predicted octanol–water partition coefficient (Wildman–Crippen LogP) is 3.34. The molecular weight excluding hydrogens is 418 g/mol. The second kappa shape index (κ2) is 8.72. The minimum absolute atomic E-state index is 0.00885. The summed E-state index contributed by atoms with van der Waals surface area (Å²) in [6.45, 7) is 7.78. The van der Waals surface area contributed by atoms with Crippen molar-refractivity contribution in [3.63, 3.8) is 0 Å². The summed E-state index contributed by atoms with van der Waals surface area (Å²) in [5, 5.41) is 0. The van der Waals surface area contributed by atoms with Crippen LogP contribution in [0.2, 0.25) is 0 Å². The van der Waals surface area contributed by atoms with Crippen molar-refractivity contribution in [3.8, 4) is 23.0 Å². The average Bonchev–Trinajstić information content (AvgIpc) is 3.15. The van der Waals surface area contributed by atoms with E-state index in [0.29, 0.717) is 25.4 Å². The van der Waals surface area contributed by atoms with Crippen LogP contribution in [0.1, 0.15) is 23.3 Å². The van der Waals surface area contributed by atoms with Gasteiger partial charge in [0.25, 0.3) is 5.91 Å². The van der Waals surface area contributed by atoms with Gasteiger partial charge < -0.3 is 15.4 Å². The van der Waals surface area contributed by atoms with Gasteiger partial charge in [-0.2, -0.15) is 4.39 Å². The van der Waals surface area contributed by atoms with Crippen LogP contribution in [-0.2, 0) is 0 Å². The number of carbonyl (C=O) groups excluding carboxylic acids is 1. The average molecular weight is 438 g/mol. The second-order valence-corrected chi connectivity index (χ2v) is 7.40. The predicted molar refractivity (Wildman–Crippen MR) is 113 cm³/mol. The summed E-state index contributed by atoms with van der Waals surface area (Å²) in [6.07, 6.45) is 2.87. The van der Waals surface area contributed by atoms with Gasteiger partial charge in [-0.25, -0.2) is 19.2 Å². The zero-order chi connectivity index (χ0) is 22.8. The molecule has 1 saturated heterocycles. The lowest BCUT2D eigenvalue weighted by atomic mass is 10.1. The maximum Gasteiger partial charge on any atom is 0.277 e. The van der Waals surface area contributed by atoms with Gasteiger partial charge in [0.2, 0.25) is 17.5 Å². The number of amides is 1. The fourth-order valence-electron chi connectivity index (χ4n) is 3.67. The summed E-state index contributed by atoms with van der Waals surface area (Å²) >= 11 is 0. The van der Waals surface area contributed by atoms with Crippen LogP contribution in [0.25, 0.3) is 21.9 Å². The Morgan fingerprint density at radius 3 is 2.75 bits per heavy atom. The number of methoxy groups -OCH3 is 1. The quantitative estimate of drug-likeness (QED) is 0.631. The number of benzene rings is 1. The number of rotatable bonds is 4. The van der Waals surface area contributed by atoms with Gasteiger partial charge in [0, 0.05) is 30.8 Å². The maximum absolute atomic E-state index is 15.6. The molecule has 10 heteroatoms. The summed E-state index contributed by atoms with van der Waals surface area (Å²) in [6, 6.07) is 6.73. The van der Waals surface area contributed by atoms with E-state index in [-0.39, 0.29) is 34.5 Å². The van der Waals surface area contributed by atoms with E-state index < -0.39 is 17.7 Å². The van der Waals surface area contributed by atoms with Crippen molar-refractivity contribution < 1.29 is 18.3 Å². The fraction of sp³-hybridized carbons (Fsp3) is 0.273. The fourth-order valence-corrected chi connectivity index (χ4v) is 3.67. The third-order valence-corrected chi connectivity index (χ3v) is 5.28. The molecule has 4 rings (SSSR count). The first-order valence-corrected chi connectivity index (χ1v) is 9.93. The van der Waals surface area contributed by atoms with E-state index in [9.17, 15) is 9.18 Å². The highest BCUT2D eigenvalue weighted by molar-refractivity contribution is 5.93. The minimum atomic E-state index is -0.897. The van der Waals surface area contributed by atoms with Crippen LogP contribution in [0.4, 0.5) is 14.5 Å². The van der Waals surface area contributed by atoms with E-state index in [0.717, 1.165) is 17.1 Å². The van der Waals surface area contributed by atoms with Crippen LogP contribution in [0.5, 0.6) is 5.88 Å². The Bertz CT molecular complexity index is 1200. The monoisotopic (exact) mass is 438 g/mol. The molecule has 1 aliphatic rings. The number of piperidine rings is 1. The van der Waals surface area contributed by atoms with Crippen LogP contribution in [-0.4, -0.2) is 51.6 Å². The topological polar surface area (TPSA) is 90.6 Å². The SMILES string of the molecule is [C-]#[N+]c1ccc(-c2nc(C(=O)N3CCC[C@@H](N)C3)c(F)n2-c2ccc(OC)nc2)cc1F. The molecule has 2 N–H and O–H groups in total. The largest absolute Gasteiger partial charge is 0.481 e. The number of hydrogen-bond donors (Lipinski definition) is 1. The van der Waals surface area contributed by atoms with Crippen molar-refractivity contribution in [2.75, 3.05) is 20.2 Å². The minimum Gasteiger partial charge on any atom is -0.481 e. The number of carbonyl (C=O) groups is 1. The molecule has 32 heavy (non-hydrogen) atoms. The van der Waals surface area contributed by atoms with Crippen LogP contribution in [0.3, 0.4) is 0 Å². The van der Waals surface area contributed by atoms with Crippen molar-refractivity contribution in [1.29, 1.82) is 0 Å². The van der Waals surface area contributed by atoms with Crippen LogP contribution < -0.4 is 10.5 Å². The van der Waals surface area contributed by atoms with E-state index in [4.69, 9.17) is 17.0 Å². The van der Waals surface area contributed by atoms with Crippen LogP contribution in [0.15, 0.2) is 36.5 Å². The molecule has 164 valence electrons. The number of aromatic nitrogens is 3. The second-order valence-electron chi connectivity index (χ2n) is 7.40. The van der Waals surface area contributed by atoms with Gasteiger partial charge >= 0.3 is 0 Å². The summed E-state index contributed by atoms with van der Waals surface area (Å²) in [5.74, 6) is -1.92. The number of hydrogen-bond acceptors (Lipinski definition) is 5. The molecule has 0 saturated carbocycles. The number of ether oxygens (including phenoxy) is 1. The Morgan fingerprint density at radius 2 is 2.12 bits per heavy atom. The summed E-state index contributed by atoms with van der Waals surface area (Å²) in [7, 11) is 1.45. The molecule has 1 aromatic carbocycles. The molecule has 0 aliphatic carbocycles. The van der Waals surface area contributed by atoms with Gasteiger partial charge in [-0.3, -0.25) is 9.36 Å². The van der Waals surface area contributed by atoms with E-state index in [2.05, 4.69) is 14.8 Å². The Balaban J connectivity index is 1.85. The van der Waals surface area contributed by atoms with Gasteiger partial charge in [0.05, 0.1) is 25.6 Å². The zero-order valence-corrected chi connectivity index (χ0v) is 17.3. The maximum atomic E-state index is 15.6. The zero-order valence-electron chi connectivity index (χ0n) is 17.3. The standard InChI is InChI=1S/C22H20F2N6O2/c1-26-17-7-5-13(10-16(17)23)21-28-19(22(31)29-9-3-4-14(25)12-29)20(24)30(21)15-6-8-18(32-2)27-11-15/h5-8,10-11,14H,3-4,9,12,25H2,2H3/t14-/m1/s1. The Kier molecular flexibility index (Phi) is 5.83. The van der Waals surface area contributed by atoms with Gasteiger partial charge in [-0.15, -0.1) is 0 Å². The highest BCUT2D eigenvalue weighted by atomic mass is 19.1. The molecule has 0 bridgehead atoms. The first-order valence-electron chi connectivity index (χ1n) is 9.93. The number of halogens is 2. The summed E-state index contributed by atoms with van der Waals surface area (Å²) < 4.78 is 36.1. The lowest BCUT2D eigenvalue weighted by molar-refractivity contribution is 0.0698. The molecule has 2 aromatic heterocycles. The Labute approximate surface area is 183 Å². The third kappa shape index (κ3) is 3.90. The lowest BCUT2D eigenvalue weighted by Gasteiger charge is -2.30. The molecule has 1 aliphatic heterocycles. The van der Waals surface area contributed by atoms with Gasteiger partial charge in [0.15, 0.2) is 5.69 Å². The molecule has 0 radical (unpaired) electrons. The van der Waals surface area contributed by atoms with Crippen molar-refractivity contribution in [2.45, 2.75) is 18.9 Å². The molecule has 0 unspecified atom stereocenters. The molecule has 3 heterocycles. The van der Waals surface area contributed by atoms with E-state index >= 15 is 4.39 Å². The van der Waals surface area contributed by atoms with Gasteiger partial charge in [-0.1, -0.05) is 12.1 Å². The summed E-state index contributed by atoms with van der Waals surface area (Å²) in [5.41, 5.74) is 5.89. The highest BCUT2D eigenvalue weighted by Crippen LogP contribution is 2.30. The van der Waals surface area contributed by atoms with Crippen molar-refractivity contribution in [3.05, 3.63) is 65.4 Å². The van der Waals surface area contributed by atoms with Gasteiger partial charge in [-0.05, 0) is 25.0 Å². The molecule has 1 atom stereocenters. The molecule has 1 amide bonds. The number of nitrogens with two attached hydrogens (primary N) is 1. The number of pyridine rings is 1. The smallest absolute Gasteiger partial charge is 0.277 e. The van der Waals surface area contributed by atoms with Crippen molar-refractivity contribution >= 4 is 11.6 Å². The third-order valence-electron chi connectivity index (χ3n) is 5.28. The molecule has 8 nitrogen and oxygen atoms in total. The first kappa shape index (κ1) is 21.4. The van der Waals surface area contributed by atoms with Gasteiger partial charge in [0.1, 0.15) is 11.6 Å². The van der Waals surface area contributed by atoms with Crippen LogP contribution in [0, 0.1) is 18.3 Å². The Morgan fingerprint density at radius 1 is 1.31 bits per heavy atom. The molecule has 3 aromatic rings. The van der Waals surface area contributed by atoms with Crippen molar-refractivity contribution in [1.82, 2.24) is 19.4 Å².